The standard InChI is InChI=1S/C7H10ClN3O2/c1-10-7(12)6(8)5(4-9-10)11(2)13-3/h4H,1-3H3. The summed E-state index contributed by atoms with van der Waals surface area (Å²) in [5, 5.41) is 5.28. The van der Waals surface area contributed by atoms with Gasteiger partial charge < -0.3 is 0 Å². The third kappa shape index (κ3) is 1.81. The molecule has 0 saturated carbocycles. The second kappa shape index (κ2) is 3.76. The highest BCUT2D eigenvalue weighted by molar-refractivity contribution is 6.32. The summed E-state index contributed by atoms with van der Waals surface area (Å²) < 4.78 is 1.16. The highest BCUT2D eigenvalue weighted by atomic mass is 35.5. The Morgan fingerprint density at radius 1 is 1.69 bits per heavy atom. The summed E-state index contributed by atoms with van der Waals surface area (Å²) >= 11 is 5.78. The number of hydroxylamine groups is 1. The lowest BCUT2D eigenvalue weighted by Gasteiger charge is -2.16. The second-order valence-electron chi connectivity index (χ2n) is 2.45. The number of hydrogen-bond acceptors (Lipinski definition) is 4. The lowest BCUT2D eigenvalue weighted by molar-refractivity contribution is 0.184. The fourth-order valence-electron chi connectivity index (χ4n) is 0.820. The summed E-state index contributed by atoms with van der Waals surface area (Å²) in [6.45, 7) is 0. The minimum Gasteiger partial charge on any atom is -0.277 e. The average molecular weight is 204 g/mol. The normalized spacial score (nSPS) is 10.2. The molecule has 0 bridgehead atoms. The van der Waals surface area contributed by atoms with Gasteiger partial charge in [-0.15, -0.1) is 0 Å². The number of anilines is 1. The van der Waals surface area contributed by atoms with Crippen LogP contribution in [-0.2, 0) is 11.9 Å². The summed E-state index contributed by atoms with van der Waals surface area (Å²) in [5.41, 5.74) is 0.107. The van der Waals surface area contributed by atoms with E-state index in [9.17, 15) is 4.79 Å². The van der Waals surface area contributed by atoms with E-state index in [1.807, 2.05) is 0 Å². The third-order valence-corrected chi connectivity index (χ3v) is 2.03. The molecule has 1 aromatic heterocycles. The zero-order valence-corrected chi connectivity index (χ0v) is 8.37. The molecule has 5 nitrogen and oxygen atoms in total. The van der Waals surface area contributed by atoms with Crippen molar-refractivity contribution in [2.45, 2.75) is 0 Å². The minimum atomic E-state index is -0.344. The number of aromatic nitrogens is 2. The van der Waals surface area contributed by atoms with Crippen molar-refractivity contribution in [3.05, 3.63) is 21.6 Å². The van der Waals surface area contributed by atoms with Gasteiger partial charge in [0, 0.05) is 14.1 Å². The van der Waals surface area contributed by atoms with E-state index >= 15 is 0 Å². The first-order valence-electron chi connectivity index (χ1n) is 3.57. The van der Waals surface area contributed by atoms with Crippen LogP contribution in [0.5, 0.6) is 0 Å². The largest absolute Gasteiger partial charge is 0.287 e. The Morgan fingerprint density at radius 3 is 2.85 bits per heavy atom. The van der Waals surface area contributed by atoms with Gasteiger partial charge in [0.2, 0.25) is 0 Å². The van der Waals surface area contributed by atoms with Gasteiger partial charge in [0.15, 0.2) is 0 Å². The zero-order valence-electron chi connectivity index (χ0n) is 7.61. The molecule has 0 aliphatic heterocycles. The van der Waals surface area contributed by atoms with Crippen LogP contribution in [0.2, 0.25) is 5.02 Å². The lowest BCUT2D eigenvalue weighted by atomic mass is 10.4. The zero-order chi connectivity index (χ0) is 10.0. The molecule has 6 heteroatoms. The maximum atomic E-state index is 11.3. The van der Waals surface area contributed by atoms with Gasteiger partial charge in [0.25, 0.3) is 5.56 Å². The molecule has 72 valence electrons. The summed E-state index contributed by atoms with van der Waals surface area (Å²) in [6.07, 6.45) is 1.47. The van der Waals surface area contributed by atoms with Crippen molar-refractivity contribution in [3.63, 3.8) is 0 Å². The predicted octanol–water partition coefficient (Wildman–Crippen LogP) is 0.431. The lowest BCUT2D eigenvalue weighted by Crippen LogP contribution is -2.24. The van der Waals surface area contributed by atoms with E-state index < -0.39 is 0 Å². The molecule has 0 radical (unpaired) electrons. The molecule has 0 spiro atoms. The van der Waals surface area contributed by atoms with Crippen LogP contribution in [0.4, 0.5) is 5.69 Å². The molecule has 0 saturated heterocycles. The molecule has 1 aromatic rings. The van der Waals surface area contributed by atoms with Gasteiger partial charge in [-0.1, -0.05) is 11.6 Å². The van der Waals surface area contributed by atoms with Gasteiger partial charge in [-0.05, 0) is 0 Å². The van der Waals surface area contributed by atoms with Crippen LogP contribution in [0.25, 0.3) is 0 Å². The van der Waals surface area contributed by atoms with Gasteiger partial charge in [-0.2, -0.15) is 5.10 Å². The Kier molecular flexibility index (Phi) is 2.90. The van der Waals surface area contributed by atoms with E-state index in [1.54, 1.807) is 7.05 Å². The highest BCUT2D eigenvalue weighted by Crippen LogP contribution is 2.18. The van der Waals surface area contributed by atoms with Crippen molar-refractivity contribution in [2.24, 2.45) is 7.05 Å². The van der Waals surface area contributed by atoms with E-state index in [0.717, 1.165) is 4.68 Å². The number of halogens is 1. The number of nitrogens with zero attached hydrogens (tertiary/aromatic N) is 3. The Labute approximate surface area is 80.4 Å². The van der Waals surface area contributed by atoms with Crippen molar-refractivity contribution in [3.8, 4) is 0 Å². The first kappa shape index (κ1) is 10.0. The Morgan fingerprint density at radius 2 is 2.31 bits per heavy atom. The van der Waals surface area contributed by atoms with E-state index in [0.29, 0.717) is 5.69 Å². The molecule has 0 N–H and O–H groups in total. The fourth-order valence-corrected chi connectivity index (χ4v) is 1.11. The van der Waals surface area contributed by atoms with Crippen molar-refractivity contribution < 1.29 is 4.84 Å². The van der Waals surface area contributed by atoms with Crippen molar-refractivity contribution in [2.75, 3.05) is 19.2 Å². The fraction of sp³-hybridized carbons (Fsp3) is 0.429. The van der Waals surface area contributed by atoms with Crippen LogP contribution in [0, 0.1) is 0 Å². The van der Waals surface area contributed by atoms with Crippen LogP contribution in [0.3, 0.4) is 0 Å². The van der Waals surface area contributed by atoms with Gasteiger partial charge in [0.1, 0.15) is 10.7 Å². The van der Waals surface area contributed by atoms with E-state index in [2.05, 4.69) is 5.10 Å². The Balaban J connectivity index is 3.26. The van der Waals surface area contributed by atoms with E-state index in [1.165, 1.54) is 25.4 Å². The van der Waals surface area contributed by atoms with Crippen LogP contribution < -0.4 is 10.6 Å². The number of rotatable bonds is 2. The molecule has 0 unspecified atom stereocenters. The van der Waals surface area contributed by atoms with Crippen molar-refractivity contribution in [1.82, 2.24) is 9.78 Å². The van der Waals surface area contributed by atoms with Crippen molar-refractivity contribution >= 4 is 17.3 Å². The molecule has 0 fully saturated rings. The van der Waals surface area contributed by atoms with Crippen LogP contribution >= 0.6 is 11.6 Å². The smallest absolute Gasteiger partial charge is 0.277 e. The molecule has 13 heavy (non-hydrogen) atoms. The number of hydrogen-bond donors (Lipinski definition) is 0. The quantitative estimate of drug-likeness (QED) is 0.655. The van der Waals surface area contributed by atoms with E-state index in [4.69, 9.17) is 16.4 Å². The topological polar surface area (TPSA) is 47.4 Å². The number of aryl methyl sites for hydroxylation is 1. The first-order valence-corrected chi connectivity index (χ1v) is 3.95. The maximum Gasteiger partial charge on any atom is 0.287 e. The summed E-state index contributed by atoms with van der Waals surface area (Å²) in [5.74, 6) is 0. The van der Waals surface area contributed by atoms with Crippen LogP contribution in [-0.4, -0.2) is 23.9 Å². The summed E-state index contributed by atoms with van der Waals surface area (Å²) in [7, 11) is 4.65. The third-order valence-electron chi connectivity index (χ3n) is 1.67. The molecule has 0 atom stereocenters. The Bertz CT molecular complexity index is 363. The molecule has 1 rings (SSSR count). The maximum absolute atomic E-state index is 11.3. The van der Waals surface area contributed by atoms with Gasteiger partial charge >= 0.3 is 0 Å². The van der Waals surface area contributed by atoms with Crippen molar-refractivity contribution in [1.29, 1.82) is 0 Å². The van der Waals surface area contributed by atoms with Gasteiger partial charge in [0.05, 0.1) is 13.3 Å². The minimum absolute atomic E-state index is 0.0989. The van der Waals surface area contributed by atoms with E-state index in [-0.39, 0.29) is 10.6 Å². The molecular weight excluding hydrogens is 194 g/mol. The van der Waals surface area contributed by atoms with Gasteiger partial charge in [-0.25, -0.2) is 4.68 Å². The summed E-state index contributed by atoms with van der Waals surface area (Å²) in [6, 6.07) is 0. The second-order valence-corrected chi connectivity index (χ2v) is 2.83. The molecule has 0 aromatic carbocycles. The van der Waals surface area contributed by atoms with Crippen LogP contribution in [0.1, 0.15) is 0 Å². The SMILES string of the molecule is CON(C)c1cnn(C)c(=O)c1Cl. The molecule has 0 aliphatic carbocycles. The molecule has 1 heterocycles. The van der Waals surface area contributed by atoms with Crippen LogP contribution in [0.15, 0.2) is 11.0 Å². The molecule has 0 aliphatic rings. The Hall–Kier alpha value is -1.07. The monoisotopic (exact) mass is 203 g/mol. The summed E-state index contributed by atoms with van der Waals surface area (Å²) in [4.78, 5) is 16.2. The molecular formula is C7H10ClN3O2. The highest BCUT2D eigenvalue weighted by Gasteiger charge is 2.10. The van der Waals surface area contributed by atoms with Gasteiger partial charge in [-0.3, -0.25) is 14.7 Å². The first-order chi connectivity index (χ1) is 6.07. The predicted molar refractivity (Wildman–Crippen MR) is 49.9 cm³/mol. The average Bonchev–Trinajstić information content (AvgIpc) is 2.13. The molecule has 0 amide bonds.